The molecule has 156 valence electrons. The van der Waals surface area contributed by atoms with Crippen molar-refractivity contribution in [3.05, 3.63) is 0 Å². The van der Waals surface area contributed by atoms with Crippen molar-refractivity contribution in [1.82, 2.24) is 10.6 Å². The largest absolute Gasteiger partial charge is 0.381 e. The van der Waals surface area contributed by atoms with E-state index in [4.69, 9.17) is 9.73 Å². The Bertz CT molecular complexity index is 614. The average Bonchev–Trinajstić information content (AvgIpc) is 2.98. The zero-order chi connectivity index (χ0) is 19.3. The highest BCUT2D eigenvalue weighted by molar-refractivity contribution is 7.91. The van der Waals surface area contributed by atoms with Gasteiger partial charge in [0.05, 0.1) is 11.5 Å². The lowest BCUT2D eigenvalue weighted by Crippen LogP contribution is -2.48. The zero-order valence-corrected chi connectivity index (χ0v) is 17.8. The molecule has 3 aliphatic rings. The second-order valence-electron chi connectivity index (χ2n) is 9.25. The molecule has 3 rings (SSSR count). The van der Waals surface area contributed by atoms with E-state index in [1.807, 2.05) is 0 Å². The van der Waals surface area contributed by atoms with Crippen LogP contribution in [-0.4, -0.2) is 58.2 Å². The van der Waals surface area contributed by atoms with Gasteiger partial charge in [0.25, 0.3) is 0 Å². The van der Waals surface area contributed by atoms with Crippen LogP contribution in [0.5, 0.6) is 0 Å². The number of nitrogens with zero attached hydrogens (tertiary/aromatic N) is 1. The molecule has 1 saturated carbocycles. The first kappa shape index (κ1) is 20.9. The Kier molecular flexibility index (Phi) is 7.06. The van der Waals surface area contributed by atoms with E-state index in [2.05, 4.69) is 24.5 Å². The second kappa shape index (κ2) is 9.12. The first-order valence-corrected chi connectivity index (χ1v) is 12.5. The summed E-state index contributed by atoms with van der Waals surface area (Å²) in [4.78, 5) is 4.93. The lowest BCUT2D eigenvalue weighted by Gasteiger charge is -2.34. The van der Waals surface area contributed by atoms with Crippen molar-refractivity contribution in [3.8, 4) is 0 Å². The Labute approximate surface area is 164 Å². The highest BCUT2D eigenvalue weighted by atomic mass is 32.2. The molecule has 0 aromatic rings. The Balaban J connectivity index is 1.61. The molecule has 6 nitrogen and oxygen atoms in total. The van der Waals surface area contributed by atoms with Gasteiger partial charge in [0.1, 0.15) is 0 Å². The van der Waals surface area contributed by atoms with Crippen molar-refractivity contribution in [2.24, 2.45) is 22.2 Å². The number of hydrogen-bond acceptors (Lipinski definition) is 4. The van der Waals surface area contributed by atoms with E-state index in [9.17, 15) is 8.42 Å². The van der Waals surface area contributed by atoms with Crippen LogP contribution in [0, 0.1) is 17.3 Å². The molecule has 3 unspecified atom stereocenters. The summed E-state index contributed by atoms with van der Waals surface area (Å²) in [5.41, 5.74) is 0.196. The summed E-state index contributed by atoms with van der Waals surface area (Å²) in [7, 11) is -2.83. The maximum Gasteiger partial charge on any atom is 0.191 e. The number of aliphatic imine (C=N–C) groups is 1. The van der Waals surface area contributed by atoms with Gasteiger partial charge in [-0.2, -0.15) is 0 Å². The molecular formula is C20H37N3O3S. The minimum Gasteiger partial charge on any atom is -0.381 e. The van der Waals surface area contributed by atoms with Gasteiger partial charge in [-0.15, -0.1) is 0 Å². The molecule has 3 fully saturated rings. The predicted octanol–water partition coefficient (Wildman–Crippen LogP) is 2.35. The van der Waals surface area contributed by atoms with E-state index in [1.54, 1.807) is 0 Å². The van der Waals surface area contributed by atoms with E-state index in [0.29, 0.717) is 30.0 Å². The molecule has 2 saturated heterocycles. The highest BCUT2D eigenvalue weighted by Gasteiger charge is 2.30. The Hall–Kier alpha value is -0.820. The fourth-order valence-corrected chi connectivity index (χ4v) is 6.29. The summed E-state index contributed by atoms with van der Waals surface area (Å²) < 4.78 is 29.0. The number of rotatable bonds is 5. The van der Waals surface area contributed by atoms with Crippen LogP contribution in [0.3, 0.4) is 0 Å². The fraction of sp³-hybridized carbons (Fsp3) is 0.950. The van der Waals surface area contributed by atoms with E-state index in [-0.39, 0.29) is 11.3 Å². The molecule has 0 bridgehead atoms. The lowest BCUT2D eigenvalue weighted by atomic mass is 9.82. The molecule has 1 aliphatic carbocycles. The van der Waals surface area contributed by atoms with Gasteiger partial charge in [0.2, 0.25) is 0 Å². The third-order valence-electron chi connectivity index (χ3n) is 6.64. The number of guanidine groups is 1. The molecular weight excluding hydrogens is 362 g/mol. The summed E-state index contributed by atoms with van der Waals surface area (Å²) in [6, 6.07) is 0.458. The molecule has 3 atom stereocenters. The topological polar surface area (TPSA) is 79.8 Å². The van der Waals surface area contributed by atoms with Crippen LogP contribution in [0.25, 0.3) is 0 Å². The Morgan fingerprint density at radius 1 is 1.19 bits per heavy atom. The minimum absolute atomic E-state index is 0.196. The molecule has 0 spiro atoms. The maximum atomic E-state index is 11.7. The van der Waals surface area contributed by atoms with Gasteiger partial charge >= 0.3 is 0 Å². The minimum atomic E-state index is -2.83. The van der Waals surface area contributed by atoms with Gasteiger partial charge in [-0.25, -0.2) is 8.42 Å². The van der Waals surface area contributed by atoms with Gasteiger partial charge in [0.15, 0.2) is 15.8 Å². The van der Waals surface area contributed by atoms with Crippen molar-refractivity contribution in [2.75, 3.05) is 37.8 Å². The van der Waals surface area contributed by atoms with Crippen LogP contribution in [0.2, 0.25) is 0 Å². The predicted molar refractivity (Wildman–Crippen MR) is 110 cm³/mol. The van der Waals surface area contributed by atoms with E-state index >= 15 is 0 Å². The number of nitrogens with one attached hydrogen (secondary N) is 2. The molecule has 7 heteroatoms. The summed E-state index contributed by atoms with van der Waals surface area (Å²) in [5, 5.41) is 7.13. The van der Waals surface area contributed by atoms with Crippen molar-refractivity contribution >= 4 is 15.8 Å². The number of hydrogen-bond donors (Lipinski definition) is 2. The van der Waals surface area contributed by atoms with E-state index < -0.39 is 9.84 Å². The van der Waals surface area contributed by atoms with Gasteiger partial charge in [0, 0.05) is 32.3 Å². The maximum absolute atomic E-state index is 11.7. The van der Waals surface area contributed by atoms with Gasteiger partial charge in [-0.3, -0.25) is 4.99 Å². The summed E-state index contributed by atoms with van der Waals surface area (Å²) >= 11 is 0. The molecule has 27 heavy (non-hydrogen) atoms. The SMILES string of the molecule is CC1CCCCC1NC(=NCC1(C)CCOCC1)NCC1CCS(=O)(=O)C1. The smallest absolute Gasteiger partial charge is 0.191 e. The Morgan fingerprint density at radius 3 is 2.59 bits per heavy atom. The van der Waals surface area contributed by atoms with E-state index in [1.165, 1.54) is 25.7 Å². The summed E-state index contributed by atoms with van der Waals surface area (Å²) in [6.07, 6.45) is 7.89. The van der Waals surface area contributed by atoms with E-state index in [0.717, 1.165) is 45.0 Å². The Morgan fingerprint density at radius 2 is 1.93 bits per heavy atom. The summed E-state index contributed by atoms with van der Waals surface area (Å²) in [6.45, 7) is 7.73. The molecule has 0 aromatic heterocycles. The third-order valence-corrected chi connectivity index (χ3v) is 8.47. The van der Waals surface area contributed by atoms with Gasteiger partial charge in [-0.05, 0) is 49.4 Å². The first-order chi connectivity index (χ1) is 12.9. The average molecular weight is 400 g/mol. The zero-order valence-electron chi connectivity index (χ0n) is 17.0. The van der Waals surface area contributed by atoms with Gasteiger partial charge < -0.3 is 15.4 Å². The third kappa shape index (κ3) is 6.34. The molecule has 2 aliphatic heterocycles. The van der Waals surface area contributed by atoms with Crippen molar-refractivity contribution in [1.29, 1.82) is 0 Å². The molecule has 2 heterocycles. The lowest BCUT2D eigenvalue weighted by molar-refractivity contribution is 0.0282. The first-order valence-electron chi connectivity index (χ1n) is 10.7. The summed E-state index contributed by atoms with van der Waals surface area (Å²) in [5.74, 6) is 2.35. The van der Waals surface area contributed by atoms with Crippen LogP contribution in [-0.2, 0) is 14.6 Å². The van der Waals surface area contributed by atoms with Crippen LogP contribution >= 0.6 is 0 Å². The van der Waals surface area contributed by atoms with Crippen LogP contribution in [0.4, 0.5) is 0 Å². The standard InChI is InChI=1S/C20H37N3O3S/c1-16-5-3-4-6-18(16)23-19(21-13-17-7-12-27(24,25)14-17)22-15-20(2)8-10-26-11-9-20/h16-18H,3-15H2,1-2H3,(H2,21,22,23). The number of ether oxygens (including phenoxy) is 1. The molecule has 0 aromatic carbocycles. The number of sulfone groups is 1. The van der Waals surface area contributed by atoms with Crippen LogP contribution in [0.15, 0.2) is 4.99 Å². The molecule has 2 N–H and O–H groups in total. The normalized spacial score (nSPS) is 33.6. The van der Waals surface area contributed by atoms with Crippen molar-refractivity contribution in [3.63, 3.8) is 0 Å². The molecule has 0 amide bonds. The van der Waals surface area contributed by atoms with Crippen LogP contribution < -0.4 is 10.6 Å². The quantitative estimate of drug-likeness (QED) is 0.548. The molecule has 0 radical (unpaired) electrons. The second-order valence-corrected chi connectivity index (χ2v) is 11.5. The van der Waals surface area contributed by atoms with Crippen molar-refractivity contribution in [2.45, 2.75) is 64.8 Å². The fourth-order valence-electron chi connectivity index (χ4n) is 4.43. The highest BCUT2D eigenvalue weighted by Crippen LogP contribution is 2.30. The van der Waals surface area contributed by atoms with Gasteiger partial charge in [-0.1, -0.05) is 26.7 Å². The monoisotopic (exact) mass is 399 g/mol. The van der Waals surface area contributed by atoms with Crippen molar-refractivity contribution < 1.29 is 13.2 Å². The van der Waals surface area contributed by atoms with Crippen LogP contribution in [0.1, 0.15) is 58.8 Å².